The van der Waals surface area contributed by atoms with Crippen molar-refractivity contribution in [2.24, 2.45) is 0 Å². The fourth-order valence-corrected chi connectivity index (χ4v) is 2.01. The molecule has 3 rings (SSSR count). The molecule has 0 spiro atoms. The fourth-order valence-electron chi connectivity index (χ4n) is 2.01. The highest BCUT2D eigenvalue weighted by Crippen LogP contribution is 2.39. The van der Waals surface area contributed by atoms with E-state index in [2.05, 4.69) is 9.38 Å². The van der Waals surface area contributed by atoms with E-state index in [4.69, 9.17) is 0 Å². The highest BCUT2D eigenvalue weighted by atomic mass is 16.1. The third-order valence-electron chi connectivity index (χ3n) is 2.93. The molecule has 0 atom stereocenters. The summed E-state index contributed by atoms with van der Waals surface area (Å²) in [7, 11) is 0. The number of carbonyl (C=O) groups excluding carboxylic acids is 1. The van der Waals surface area contributed by atoms with Gasteiger partial charge >= 0.3 is 0 Å². The molecule has 0 saturated heterocycles. The van der Waals surface area contributed by atoms with Gasteiger partial charge in [-0.25, -0.2) is 4.98 Å². The SMILES string of the molecule is O=CCc1cccn2c(C3CC3)ncc12. The molecular weight excluding hydrogens is 188 g/mol. The minimum absolute atomic E-state index is 0.472. The molecule has 0 amide bonds. The summed E-state index contributed by atoms with van der Waals surface area (Å²) in [5, 5.41) is 0. The van der Waals surface area contributed by atoms with Gasteiger partial charge in [-0.15, -0.1) is 0 Å². The minimum Gasteiger partial charge on any atom is -0.303 e. The summed E-state index contributed by atoms with van der Waals surface area (Å²) in [4.78, 5) is 15.0. The van der Waals surface area contributed by atoms with E-state index in [0.717, 1.165) is 23.2 Å². The topological polar surface area (TPSA) is 34.4 Å². The van der Waals surface area contributed by atoms with Gasteiger partial charge in [0.1, 0.15) is 12.1 Å². The van der Waals surface area contributed by atoms with E-state index in [1.807, 2.05) is 24.5 Å². The third-order valence-corrected chi connectivity index (χ3v) is 2.93. The molecule has 15 heavy (non-hydrogen) atoms. The second-order valence-electron chi connectivity index (χ2n) is 4.05. The molecule has 1 aliphatic carbocycles. The minimum atomic E-state index is 0.472. The Bertz CT molecular complexity index is 511. The maximum atomic E-state index is 10.5. The lowest BCUT2D eigenvalue weighted by Crippen LogP contribution is -1.95. The second-order valence-corrected chi connectivity index (χ2v) is 4.05. The van der Waals surface area contributed by atoms with Crippen LogP contribution in [0.15, 0.2) is 24.5 Å². The number of pyridine rings is 1. The number of aromatic nitrogens is 2. The van der Waals surface area contributed by atoms with Gasteiger partial charge in [0.15, 0.2) is 0 Å². The Morgan fingerprint density at radius 1 is 1.53 bits per heavy atom. The Morgan fingerprint density at radius 2 is 2.40 bits per heavy atom. The Morgan fingerprint density at radius 3 is 3.13 bits per heavy atom. The Balaban J connectivity index is 2.18. The summed E-state index contributed by atoms with van der Waals surface area (Å²) < 4.78 is 2.12. The molecule has 3 nitrogen and oxygen atoms in total. The number of rotatable bonds is 3. The van der Waals surface area contributed by atoms with Crippen molar-refractivity contribution in [3.63, 3.8) is 0 Å². The number of hydrogen-bond donors (Lipinski definition) is 0. The summed E-state index contributed by atoms with van der Waals surface area (Å²) in [6.45, 7) is 0. The van der Waals surface area contributed by atoms with E-state index >= 15 is 0 Å². The van der Waals surface area contributed by atoms with Gasteiger partial charge in [0.05, 0.1) is 11.7 Å². The summed E-state index contributed by atoms with van der Waals surface area (Å²) in [5.41, 5.74) is 2.14. The number of nitrogens with zero attached hydrogens (tertiary/aromatic N) is 2. The van der Waals surface area contributed by atoms with Crippen LogP contribution in [0, 0.1) is 0 Å². The van der Waals surface area contributed by atoms with Crippen molar-refractivity contribution in [1.29, 1.82) is 0 Å². The van der Waals surface area contributed by atoms with Crippen molar-refractivity contribution >= 4 is 11.8 Å². The van der Waals surface area contributed by atoms with Gasteiger partial charge in [-0.2, -0.15) is 0 Å². The largest absolute Gasteiger partial charge is 0.303 e. The lowest BCUT2D eigenvalue weighted by Gasteiger charge is -2.02. The first kappa shape index (κ1) is 8.65. The van der Waals surface area contributed by atoms with Gasteiger partial charge in [0.25, 0.3) is 0 Å². The zero-order valence-corrected chi connectivity index (χ0v) is 8.39. The highest BCUT2D eigenvalue weighted by molar-refractivity contribution is 5.64. The number of aldehydes is 1. The Labute approximate surface area is 87.7 Å². The lowest BCUT2D eigenvalue weighted by atomic mass is 10.2. The molecule has 76 valence electrons. The Hall–Kier alpha value is -1.64. The number of imidazole rings is 1. The molecule has 2 aromatic rings. The molecule has 0 radical (unpaired) electrons. The first-order chi connectivity index (χ1) is 7.40. The maximum absolute atomic E-state index is 10.5. The average molecular weight is 200 g/mol. The predicted octanol–water partition coefficient (Wildman–Crippen LogP) is 1.95. The molecule has 0 aromatic carbocycles. The van der Waals surface area contributed by atoms with Crippen LogP contribution in [0.1, 0.15) is 30.1 Å². The van der Waals surface area contributed by atoms with Crippen LogP contribution in [-0.2, 0) is 11.2 Å². The number of carbonyl (C=O) groups is 1. The van der Waals surface area contributed by atoms with Gasteiger partial charge in [0.2, 0.25) is 0 Å². The van der Waals surface area contributed by atoms with Crippen LogP contribution < -0.4 is 0 Å². The van der Waals surface area contributed by atoms with Crippen LogP contribution in [0.4, 0.5) is 0 Å². The molecule has 2 aromatic heterocycles. The molecule has 0 bridgehead atoms. The summed E-state index contributed by atoms with van der Waals surface area (Å²) in [5.74, 6) is 1.79. The van der Waals surface area contributed by atoms with Crippen LogP contribution in [-0.4, -0.2) is 15.7 Å². The van der Waals surface area contributed by atoms with Gasteiger partial charge in [-0.1, -0.05) is 6.07 Å². The zero-order valence-electron chi connectivity index (χ0n) is 8.39. The summed E-state index contributed by atoms with van der Waals surface area (Å²) >= 11 is 0. The van der Waals surface area contributed by atoms with E-state index in [-0.39, 0.29) is 0 Å². The van der Waals surface area contributed by atoms with Crippen LogP contribution in [0.25, 0.3) is 5.52 Å². The molecule has 1 fully saturated rings. The molecular formula is C12H12N2O. The van der Waals surface area contributed by atoms with Crippen LogP contribution in [0.2, 0.25) is 0 Å². The Kier molecular flexibility index (Phi) is 1.84. The van der Waals surface area contributed by atoms with Crippen molar-refractivity contribution in [2.75, 3.05) is 0 Å². The smallest absolute Gasteiger partial charge is 0.124 e. The van der Waals surface area contributed by atoms with Gasteiger partial charge in [-0.05, 0) is 24.5 Å². The van der Waals surface area contributed by atoms with E-state index in [1.165, 1.54) is 12.8 Å². The van der Waals surface area contributed by atoms with Crippen molar-refractivity contribution in [1.82, 2.24) is 9.38 Å². The standard InChI is InChI=1S/C12H12N2O/c15-7-5-9-2-1-6-14-11(9)8-13-12(14)10-3-4-10/h1-2,6-8,10H,3-5H2. The summed E-state index contributed by atoms with van der Waals surface area (Å²) in [6, 6.07) is 3.97. The highest BCUT2D eigenvalue weighted by Gasteiger charge is 2.27. The lowest BCUT2D eigenvalue weighted by molar-refractivity contribution is -0.107. The van der Waals surface area contributed by atoms with Crippen molar-refractivity contribution in [2.45, 2.75) is 25.2 Å². The number of hydrogen-bond acceptors (Lipinski definition) is 2. The zero-order chi connectivity index (χ0) is 10.3. The molecule has 2 heterocycles. The van der Waals surface area contributed by atoms with Crippen LogP contribution >= 0.6 is 0 Å². The van der Waals surface area contributed by atoms with Crippen molar-refractivity contribution in [3.8, 4) is 0 Å². The summed E-state index contributed by atoms with van der Waals surface area (Å²) in [6.07, 6.45) is 7.82. The van der Waals surface area contributed by atoms with Crippen molar-refractivity contribution in [3.05, 3.63) is 35.9 Å². The molecule has 1 saturated carbocycles. The van der Waals surface area contributed by atoms with Crippen LogP contribution in [0.5, 0.6) is 0 Å². The quantitative estimate of drug-likeness (QED) is 0.710. The van der Waals surface area contributed by atoms with E-state index in [1.54, 1.807) is 0 Å². The second kappa shape index (κ2) is 3.19. The van der Waals surface area contributed by atoms with Gasteiger partial charge in [0, 0.05) is 18.5 Å². The molecule has 3 heteroatoms. The third kappa shape index (κ3) is 1.35. The maximum Gasteiger partial charge on any atom is 0.124 e. The molecule has 0 unspecified atom stereocenters. The van der Waals surface area contributed by atoms with E-state index in [9.17, 15) is 4.79 Å². The average Bonchev–Trinajstić information content (AvgIpc) is 3.00. The van der Waals surface area contributed by atoms with E-state index < -0.39 is 0 Å². The predicted molar refractivity (Wildman–Crippen MR) is 56.9 cm³/mol. The monoisotopic (exact) mass is 200 g/mol. The van der Waals surface area contributed by atoms with Gasteiger partial charge in [-0.3, -0.25) is 0 Å². The number of fused-ring (bicyclic) bond motifs is 1. The van der Waals surface area contributed by atoms with E-state index in [0.29, 0.717) is 12.3 Å². The fraction of sp³-hybridized carbons (Fsp3) is 0.333. The molecule has 0 aliphatic heterocycles. The molecule has 1 aliphatic rings. The first-order valence-electron chi connectivity index (χ1n) is 5.28. The first-order valence-corrected chi connectivity index (χ1v) is 5.28. The van der Waals surface area contributed by atoms with Crippen molar-refractivity contribution < 1.29 is 4.79 Å². The van der Waals surface area contributed by atoms with Crippen LogP contribution in [0.3, 0.4) is 0 Å². The normalized spacial score (nSPS) is 15.7. The molecule has 0 N–H and O–H groups in total. The van der Waals surface area contributed by atoms with Gasteiger partial charge < -0.3 is 9.20 Å².